The van der Waals surface area contributed by atoms with Crippen LogP contribution in [0.2, 0.25) is 0 Å². The predicted octanol–water partition coefficient (Wildman–Crippen LogP) is 6.04. The molecular formula is C30H26N2O3. The zero-order valence-electron chi connectivity index (χ0n) is 19.5. The summed E-state index contributed by atoms with van der Waals surface area (Å²) in [5, 5.41) is 14.7. The molecule has 4 aromatic carbocycles. The standard InChI is InChI=1S/C30H26N2O3/c1-2-34-29-18-23(16-27(19-31)30(33)32-20-22-8-4-3-5-9-22)13-15-28(29)35-21-24-12-14-25-10-6-7-11-26(25)17-24/h3-18H,2,20-21H2,1H3,(H,32,33). The first-order valence-corrected chi connectivity index (χ1v) is 11.5. The first kappa shape index (κ1) is 23.6. The van der Waals surface area contributed by atoms with Crippen LogP contribution < -0.4 is 14.8 Å². The molecule has 0 spiro atoms. The first-order valence-electron chi connectivity index (χ1n) is 11.5. The molecule has 0 heterocycles. The Balaban J connectivity index is 1.47. The Bertz CT molecular complexity index is 1390. The van der Waals surface area contributed by atoms with E-state index in [2.05, 4.69) is 29.6 Å². The minimum absolute atomic E-state index is 0.0215. The molecule has 0 atom stereocenters. The van der Waals surface area contributed by atoms with E-state index in [-0.39, 0.29) is 5.57 Å². The van der Waals surface area contributed by atoms with E-state index in [1.165, 1.54) is 5.39 Å². The molecule has 0 saturated heterocycles. The second kappa shape index (κ2) is 11.5. The van der Waals surface area contributed by atoms with Gasteiger partial charge in [0.05, 0.1) is 6.61 Å². The zero-order chi connectivity index (χ0) is 24.5. The molecule has 1 amide bonds. The van der Waals surface area contributed by atoms with Gasteiger partial charge in [0.15, 0.2) is 11.5 Å². The summed E-state index contributed by atoms with van der Waals surface area (Å²) in [6.07, 6.45) is 1.55. The molecule has 0 fully saturated rings. The van der Waals surface area contributed by atoms with Crippen LogP contribution in [0.15, 0.2) is 96.6 Å². The molecule has 0 aliphatic carbocycles. The molecule has 5 heteroatoms. The van der Waals surface area contributed by atoms with E-state index in [1.807, 2.05) is 61.5 Å². The third kappa shape index (κ3) is 6.27. The van der Waals surface area contributed by atoms with Crippen molar-refractivity contribution >= 4 is 22.8 Å². The van der Waals surface area contributed by atoms with Crippen LogP contribution in [-0.2, 0) is 17.9 Å². The zero-order valence-corrected chi connectivity index (χ0v) is 19.5. The molecule has 1 N–H and O–H groups in total. The Kier molecular flexibility index (Phi) is 7.77. The topological polar surface area (TPSA) is 71.3 Å². The van der Waals surface area contributed by atoms with E-state index < -0.39 is 5.91 Å². The molecule has 4 aromatic rings. The second-order valence-corrected chi connectivity index (χ2v) is 7.95. The van der Waals surface area contributed by atoms with Crippen molar-refractivity contribution in [2.75, 3.05) is 6.61 Å². The van der Waals surface area contributed by atoms with Gasteiger partial charge in [0.25, 0.3) is 5.91 Å². The third-order valence-electron chi connectivity index (χ3n) is 5.45. The number of amides is 1. The van der Waals surface area contributed by atoms with Gasteiger partial charge in [-0.25, -0.2) is 0 Å². The summed E-state index contributed by atoms with van der Waals surface area (Å²) in [6.45, 7) is 3.10. The van der Waals surface area contributed by atoms with Crippen LogP contribution in [0.3, 0.4) is 0 Å². The molecule has 0 unspecified atom stereocenters. The number of nitrogens with one attached hydrogen (secondary N) is 1. The van der Waals surface area contributed by atoms with Crippen LogP contribution in [0.5, 0.6) is 11.5 Å². The Morgan fingerprint density at radius 2 is 1.63 bits per heavy atom. The summed E-state index contributed by atoms with van der Waals surface area (Å²) >= 11 is 0. The highest BCUT2D eigenvalue weighted by Crippen LogP contribution is 2.30. The summed E-state index contributed by atoms with van der Waals surface area (Å²) in [6, 6.07) is 31.4. The minimum Gasteiger partial charge on any atom is -0.490 e. The Labute approximate surface area is 205 Å². The van der Waals surface area contributed by atoms with Crippen molar-refractivity contribution in [2.24, 2.45) is 0 Å². The maximum Gasteiger partial charge on any atom is 0.262 e. The Hall–Kier alpha value is -4.56. The number of benzene rings is 4. The van der Waals surface area contributed by atoms with Gasteiger partial charge in [-0.1, -0.05) is 72.8 Å². The number of nitrogens with zero attached hydrogens (tertiary/aromatic N) is 1. The quantitative estimate of drug-likeness (QED) is 0.243. The van der Waals surface area contributed by atoms with Gasteiger partial charge in [0, 0.05) is 6.54 Å². The highest BCUT2D eigenvalue weighted by Gasteiger charge is 2.11. The highest BCUT2D eigenvalue weighted by atomic mass is 16.5. The van der Waals surface area contributed by atoms with Gasteiger partial charge in [-0.15, -0.1) is 0 Å². The van der Waals surface area contributed by atoms with Crippen molar-refractivity contribution in [2.45, 2.75) is 20.1 Å². The lowest BCUT2D eigenvalue weighted by Crippen LogP contribution is -2.23. The summed E-state index contributed by atoms with van der Waals surface area (Å²) in [4.78, 5) is 12.5. The molecule has 0 aromatic heterocycles. The average molecular weight is 463 g/mol. The molecule has 0 radical (unpaired) electrons. The molecule has 174 valence electrons. The fourth-order valence-electron chi connectivity index (χ4n) is 3.68. The number of carbonyl (C=O) groups is 1. The lowest BCUT2D eigenvalue weighted by molar-refractivity contribution is -0.117. The molecule has 0 aliphatic heterocycles. The molecule has 0 aliphatic rings. The summed E-state index contributed by atoms with van der Waals surface area (Å²) in [5.41, 5.74) is 2.72. The lowest BCUT2D eigenvalue weighted by atomic mass is 10.1. The molecule has 0 saturated carbocycles. The number of nitriles is 1. The predicted molar refractivity (Wildman–Crippen MR) is 138 cm³/mol. The molecular weight excluding hydrogens is 436 g/mol. The molecule has 4 rings (SSSR count). The number of hydrogen-bond acceptors (Lipinski definition) is 4. The Morgan fingerprint density at radius 3 is 2.40 bits per heavy atom. The van der Waals surface area contributed by atoms with E-state index in [4.69, 9.17) is 9.47 Å². The van der Waals surface area contributed by atoms with Gasteiger partial charge >= 0.3 is 0 Å². The number of fused-ring (bicyclic) bond motifs is 1. The van der Waals surface area contributed by atoms with Gasteiger partial charge < -0.3 is 14.8 Å². The SMILES string of the molecule is CCOc1cc(C=C(C#N)C(=O)NCc2ccccc2)ccc1OCc1ccc2ccccc2c1. The van der Waals surface area contributed by atoms with Crippen molar-refractivity contribution in [3.63, 3.8) is 0 Å². The lowest BCUT2D eigenvalue weighted by Gasteiger charge is -2.13. The molecule has 35 heavy (non-hydrogen) atoms. The van der Waals surface area contributed by atoms with Crippen LogP contribution in [0, 0.1) is 11.3 Å². The highest BCUT2D eigenvalue weighted by molar-refractivity contribution is 6.01. The van der Waals surface area contributed by atoms with Gasteiger partial charge in [0.1, 0.15) is 18.2 Å². The van der Waals surface area contributed by atoms with E-state index >= 15 is 0 Å². The molecule has 5 nitrogen and oxygen atoms in total. The van der Waals surface area contributed by atoms with Gasteiger partial charge in [-0.05, 0) is 58.7 Å². The van der Waals surface area contributed by atoms with Gasteiger partial charge in [-0.3, -0.25) is 4.79 Å². The number of ether oxygens (including phenoxy) is 2. The maximum absolute atomic E-state index is 12.5. The van der Waals surface area contributed by atoms with Crippen molar-refractivity contribution in [3.8, 4) is 17.6 Å². The fourth-order valence-corrected chi connectivity index (χ4v) is 3.68. The fraction of sp³-hybridized carbons (Fsp3) is 0.133. The smallest absolute Gasteiger partial charge is 0.262 e. The van der Waals surface area contributed by atoms with Crippen LogP contribution >= 0.6 is 0 Å². The third-order valence-corrected chi connectivity index (χ3v) is 5.45. The van der Waals surface area contributed by atoms with Crippen molar-refractivity contribution in [1.82, 2.24) is 5.32 Å². The van der Waals surface area contributed by atoms with Gasteiger partial charge in [0.2, 0.25) is 0 Å². The first-order chi connectivity index (χ1) is 17.2. The summed E-state index contributed by atoms with van der Waals surface area (Å²) < 4.78 is 11.8. The summed E-state index contributed by atoms with van der Waals surface area (Å²) in [7, 11) is 0. The average Bonchev–Trinajstić information content (AvgIpc) is 2.90. The van der Waals surface area contributed by atoms with E-state index in [9.17, 15) is 10.1 Å². The number of rotatable bonds is 9. The van der Waals surface area contributed by atoms with Crippen molar-refractivity contribution < 1.29 is 14.3 Å². The number of hydrogen-bond donors (Lipinski definition) is 1. The van der Waals surface area contributed by atoms with Crippen LogP contribution in [-0.4, -0.2) is 12.5 Å². The van der Waals surface area contributed by atoms with Crippen LogP contribution in [0.1, 0.15) is 23.6 Å². The van der Waals surface area contributed by atoms with Crippen LogP contribution in [0.25, 0.3) is 16.8 Å². The Morgan fingerprint density at radius 1 is 0.857 bits per heavy atom. The normalized spacial score (nSPS) is 11.0. The largest absolute Gasteiger partial charge is 0.490 e. The van der Waals surface area contributed by atoms with Crippen molar-refractivity contribution in [1.29, 1.82) is 5.26 Å². The van der Waals surface area contributed by atoms with E-state index in [0.717, 1.165) is 16.5 Å². The number of carbonyl (C=O) groups excluding carboxylic acids is 1. The molecule has 0 bridgehead atoms. The van der Waals surface area contributed by atoms with Gasteiger partial charge in [-0.2, -0.15) is 5.26 Å². The van der Waals surface area contributed by atoms with Crippen molar-refractivity contribution in [3.05, 3.63) is 113 Å². The van der Waals surface area contributed by atoms with Crippen LogP contribution in [0.4, 0.5) is 0 Å². The van der Waals surface area contributed by atoms with E-state index in [0.29, 0.717) is 36.8 Å². The second-order valence-electron chi connectivity index (χ2n) is 7.95. The minimum atomic E-state index is -0.425. The maximum atomic E-state index is 12.5. The van der Waals surface area contributed by atoms with E-state index in [1.54, 1.807) is 24.3 Å². The summed E-state index contributed by atoms with van der Waals surface area (Å²) in [5.74, 6) is 0.735. The monoisotopic (exact) mass is 462 g/mol.